The standard InChI is InChI=1S/C11H24N2OS/c1-11(2,9-12)10(14)13-7-5-4-6-8-15-3/h4-9,12H2,1-3H3,(H,13,14). The fourth-order valence-electron chi connectivity index (χ4n) is 1.08. The predicted molar refractivity (Wildman–Crippen MR) is 68.1 cm³/mol. The van der Waals surface area contributed by atoms with Crippen LogP contribution in [0.4, 0.5) is 0 Å². The molecule has 0 unspecified atom stereocenters. The number of carbonyl (C=O) groups is 1. The summed E-state index contributed by atoms with van der Waals surface area (Å²) in [6, 6.07) is 0. The molecule has 0 aliphatic heterocycles. The van der Waals surface area contributed by atoms with Gasteiger partial charge in [-0.05, 0) is 38.7 Å². The first kappa shape index (κ1) is 14.8. The van der Waals surface area contributed by atoms with Gasteiger partial charge in [0.05, 0.1) is 5.41 Å². The largest absolute Gasteiger partial charge is 0.356 e. The molecule has 3 N–H and O–H groups in total. The van der Waals surface area contributed by atoms with Crippen molar-refractivity contribution in [3.63, 3.8) is 0 Å². The van der Waals surface area contributed by atoms with Crippen molar-refractivity contribution in [3.05, 3.63) is 0 Å². The molecule has 0 bridgehead atoms. The molecule has 0 fully saturated rings. The van der Waals surface area contributed by atoms with Crippen molar-refractivity contribution in [1.82, 2.24) is 5.32 Å². The number of amides is 1. The molecule has 0 aromatic heterocycles. The highest BCUT2D eigenvalue weighted by Gasteiger charge is 2.24. The topological polar surface area (TPSA) is 55.1 Å². The molecular weight excluding hydrogens is 208 g/mol. The van der Waals surface area contributed by atoms with Gasteiger partial charge in [0.15, 0.2) is 0 Å². The third kappa shape index (κ3) is 6.79. The summed E-state index contributed by atoms with van der Waals surface area (Å²) in [5, 5.41) is 2.93. The molecule has 0 saturated carbocycles. The van der Waals surface area contributed by atoms with Crippen molar-refractivity contribution in [1.29, 1.82) is 0 Å². The first-order chi connectivity index (χ1) is 7.04. The fraction of sp³-hybridized carbons (Fsp3) is 0.909. The van der Waals surface area contributed by atoms with Crippen LogP contribution in [0.15, 0.2) is 0 Å². The van der Waals surface area contributed by atoms with Crippen molar-refractivity contribution in [2.45, 2.75) is 33.1 Å². The second kappa shape index (κ2) is 7.99. The second-order valence-corrected chi connectivity index (χ2v) is 5.38. The Hall–Kier alpha value is -0.220. The van der Waals surface area contributed by atoms with Crippen molar-refractivity contribution >= 4 is 17.7 Å². The number of rotatable bonds is 8. The molecule has 0 spiro atoms. The number of thioether (sulfide) groups is 1. The van der Waals surface area contributed by atoms with Gasteiger partial charge < -0.3 is 11.1 Å². The lowest BCUT2D eigenvalue weighted by molar-refractivity contribution is -0.128. The van der Waals surface area contributed by atoms with Crippen LogP contribution in [0.5, 0.6) is 0 Å². The Bertz CT molecular complexity index is 183. The van der Waals surface area contributed by atoms with Crippen LogP contribution in [0.3, 0.4) is 0 Å². The van der Waals surface area contributed by atoms with Crippen molar-refractivity contribution in [2.75, 3.05) is 25.1 Å². The van der Waals surface area contributed by atoms with Gasteiger partial charge in [-0.25, -0.2) is 0 Å². The van der Waals surface area contributed by atoms with E-state index in [1.807, 2.05) is 25.6 Å². The zero-order valence-corrected chi connectivity index (χ0v) is 11.0. The van der Waals surface area contributed by atoms with Crippen LogP contribution < -0.4 is 11.1 Å². The molecule has 15 heavy (non-hydrogen) atoms. The minimum Gasteiger partial charge on any atom is -0.356 e. The molecule has 0 saturated heterocycles. The minimum absolute atomic E-state index is 0.0647. The quantitative estimate of drug-likeness (QED) is 0.625. The average Bonchev–Trinajstić information content (AvgIpc) is 2.22. The average molecular weight is 232 g/mol. The molecule has 0 atom stereocenters. The van der Waals surface area contributed by atoms with E-state index in [4.69, 9.17) is 5.73 Å². The lowest BCUT2D eigenvalue weighted by Crippen LogP contribution is -2.42. The smallest absolute Gasteiger partial charge is 0.226 e. The third-order valence-electron chi connectivity index (χ3n) is 2.44. The van der Waals surface area contributed by atoms with Crippen LogP contribution >= 0.6 is 11.8 Å². The van der Waals surface area contributed by atoms with E-state index >= 15 is 0 Å². The first-order valence-electron chi connectivity index (χ1n) is 5.52. The van der Waals surface area contributed by atoms with E-state index in [1.165, 1.54) is 18.6 Å². The van der Waals surface area contributed by atoms with Crippen LogP contribution in [0, 0.1) is 5.41 Å². The Kier molecular flexibility index (Phi) is 7.88. The molecule has 0 aliphatic carbocycles. The summed E-state index contributed by atoms with van der Waals surface area (Å²) in [5.41, 5.74) is 5.08. The summed E-state index contributed by atoms with van der Waals surface area (Å²) in [5.74, 6) is 1.28. The van der Waals surface area contributed by atoms with E-state index in [0.717, 1.165) is 13.0 Å². The number of unbranched alkanes of at least 4 members (excludes halogenated alkanes) is 2. The maximum atomic E-state index is 11.6. The molecule has 0 rings (SSSR count). The summed E-state index contributed by atoms with van der Waals surface area (Å²) in [6.07, 6.45) is 5.60. The minimum atomic E-state index is -0.431. The maximum absolute atomic E-state index is 11.6. The van der Waals surface area contributed by atoms with Gasteiger partial charge in [-0.1, -0.05) is 6.42 Å². The number of carbonyl (C=O) groups excluding carboxylic acids is 1. The molecule has 3 nitrogen and oxygen atoms in total. The second-order valence-electron chi connectivity index (χ2n) is 4.40. The highest BCUT2D eigenvalue weighted by molar-refractivity contribution is 7.98. The van der Waals surface area contributed by atoms with Gasteiger partial charge in [0.2, 0.25) is 5.91 Å². The predicted octanol–water partition coefficient (Wildman–Crippen LogP) is 1.62. The molecule has 0 aromatic carbocycles. The van der Waals surface area contributed by atoms with Gasteiger partial charge in [0.1, 0.15) is 0 Å². The Morgan fingerprint density at radius 1 is 1.33 bits per heavy atom. The molecule has 1 amide bonds. The zero-order valence-electron chi connectivity index (χ0n) is 10.1. The van der Waals surface area contributed by atoms with E-state index in [2.05, 4.69) is 11.6 Å². The Balaban J connectivity index is 3.47. The van der Waals surface area contributed by atoms with Gasteiger partial charge in [-0.15, -0.1) is 0 Å². The highest BCUT2D eigenvalue weighted by Crippen LogP contribution is 2.12. The number of nitrogens with two attached hydrogens (primary N) is 1. The molecule has 0 heterocycles. The summed E-state index contributed by atoms with van der Waals surface area (Å²) in [4.78, 5) is 11.6. The van der Waals surface area contributed by atoms with Crippen LogP contribution in [-0.2, 0) is 4.79 Å². The van der Waals surface area contributed by atoms with E-state index in [1.54, 1.807) is 0 Å². The zero-order chi connectivity index (χ0) is 11.7. The van der Waals surface area contributed by atoms with E-state index in [-0.39, 0.29) is 5.91 Å². The van der Waals surface area contributed by atoms with Crippen molar-refractivity contribution in [3.8, 4) is 0 Å². The number of hydrogen-bond donors (Lipinski definition) is 2. The SMILES string of the molecule is CSCCCCCNC(=O)C(C)(C)CN. The van der Waals surface area contributed by atoms with Gasteiger partial charge in [-0.3, -0.25) is 4.79 Å². The van der Waals surface area contributed by atoms with E-state index in [0.29, 0.717) is 6.54 Å². The Labute approximate surface area is 97.6 Å². The van der Waals surface area contributed by atoms with E-state index in [9.17, 15) is 4.79 Å². The van der Waals surface area contributed by atoms with Crippen molar-refractivity contribution < 1.29 is 4.79 Å². The van der Waals surface area contributed by atoms with Crippen LogP contribution in [-0.4, -0.2) is 31.0 Å². The van der Waals surface area contributed by atoms with Gasteiger partial charge in [-0.2, -0.15) is 11.8 Å². The first-order valence-corrected chi connectivity index (χ1v) is 6.91. The summed E-state index contributed by atoms with van der Waals surface area (Å²) in [7, 11) is 0. The molecule has 0 aromatic rings. The molecule has 90 valence electrons. The molecular formula is C11H24N2OS. The van der Waals surface area contributed by atoms with Gasteiger partial charge in [0, 0.05) is 13.1 Å². The summed E-state index contributed by atoms with van der Waals surface area (Å²) in [6.45, 7) is 4.91. The monoisotopic (exact) mass is 232 g/mol. The molecule has 0 radical (unpaired) electrons. The van der Waals surface area contributed by atoms with Crippen LogP contribution in [0.2, 0.25) is 0 Å². The van der Waals surface area contributed by atoms with Crippen LogP contribution in [0.1, 0.15) is 33.1 Å². The molecule has 0 aliphatic rings. The van der Waals surface area contributed by atoms with Crippen LogP contribution in [0.25, 0.3) is 0 Å². The number of nitrogens with one attached hydrogen (secondary N) is 1. The number of hydrogen-bond acceptors (Lipinski definition) is 3. The summed E-state index contributed by atoms with van der Waals surface area (Å²) >= 11 is 1.87. The van der Waals surface area contributed by atoms with Gasteiger partial charge >= 0.3 is 0 Å². The Morgan fingerprint density at radius 3 is 2.53 bits per heavy atom. The Morgan fingerprint density at radius 2 is 2.00 bits per heavy atom. The molecule has 4 heteroatoms. The van der Waals surface area contributed by atoms with Crippen molar-refractivity contribution in [2.24, 2.45) is 11.1 Å². The fourth-order valence-corrected chi connectivity index (χ4v) is 1.57. The normalized spacial score (nSPS) is 11.5. The lowest BCUT2D eigenvalue weighted by atomic mass is 9.93. The van der Waals surface area contributed by atoms with Gasteiger partial charge in [0.25, 0.3) is 0 Å². The highest BCUT2D eigenvalue weighted by atomic mass is 32.2. The maximum Gasteiger partial charge on any atom is 0.226 e. The van der Waals surface area contributed by atoms with E-state index < -0.39 is 5.41 Å². The lowest BCUT2D eigenvalue weighted by Gasteiger charge is -2.21. The third-order valence-corrected chi connectivity index (χ3v) is 3.13. The summed E-state index contributed by atoms with van der Waals surface area (Å²) < 4.78 is 0.